The van der Waals surface area contributed by atoms with Crippen molar-refractivity contribution in [1.82, 2.24) is 15.1 Å². The van der Waals surface area contributed by atoms with E-state index in [0.29, 0.717) is 13.0 Å². The van der Waals surface area contributed by atoms with E-state index in [1.165, 1.54) is 0 Å². The molecule has 3 aromatic rings. The number of hydrogen-bond acceptors (Lipinski definition) is 3. The number of nitrogens with one attached hydrogen (secondary N) is 1. The summed E-state index contributed by atoms with van der Waals surface area (Å²) in [5.41, 5.74) is 1.29. The number of nitrogens with zero attached hydrogens (tertiary/aromatic N) is 2. The number of hydrogen-bond donors (Lipinski definition) is 1. The van der Waals surface area contributed by atoms with Gasteiger partial charge in [-0.1, -0.05) is 93.6 Å². The lowest BCUT2D eigenvalue weighted by Crippen LogP contribution is -2.58. The fraction of sp³-hybridized carbons (Fsp3) is 0.333. The highest BCUT2D eigenvalue weighted by Crippen LogP contribution is 2.46. The van der Waals surface area contributed by atoms with Gasteiger partial charge in [-0.3, -0.25) is 9.69 Å². The zero-order chi connectivity index (χ0) is 25.9. The maximum Gasteiger partial charge on any atom is 0.319 e. The molecule has 1 N–H and O–H groups in total. The van der Waals surface area contributed by atoms with Crippen LogP contribution < -0.4 is 10.1 Å². The molecule has 3 amide bonds. The average molecular weight is 486 g/mol. The summed E-state index contributed by atoms with van der Waals surface area (Å²) in [6.45, 7) is 6.64. The van der Waals surface area contributed by atoms with Gasteiger partial charge in [0.25, 0.3) is 5.91 Å². The Labute approximate surface area is 213 Å². The van der Waals surface area contributed by atoms with Crippen molar-refractivity contribution < 1.29 is 14.3 Å². The highest BCUT2D eigenvalue weighted by atomic mass is 16.5. The average Bonchev–Trinajstić information content (AvgIpc) is 3.12. The van der Waals surface area contributed by atoms with Crippen LogP contribution in [0, 0.1) is 5.41 Å². The Bertz CT molecular complexity index is 1190. The first-order chi connectivity index (χ1) is 17.2. The summed E-state index contributed by atoms with van der Waals surface area (Å²) < 4.78 is 5.95. The number of carbonyl (C=O) groups excluding carboxylic acids is 2. The van der Waals surface area contributed by atoms with Crippen LogP contribution in [0.1, 0.15) is 37.5 Å². The topological polar surface area (TPSA) is 61.9 Å². The second kappa shape index (κ2) is 10.1. The zero-order valence-electron chi connectivity index (χ0n) is 21.7. The zero-order valence-corrected chi connectivity index (χ0v) is 21.7. The van der Waals surface area contributed by atoms with E-state index in [4.69, 9.17) is 4.74 Å². The van der Waals surface area contributed by atoms with E-state index in [0.717, 1.165) is 22.4 Å². The molecule has 2 unspecified atom stereocenters. The van der Waals surface area contributed by atoms with Crippen molar-refractivity contribution in [1.29, 1.82) is 0 Å². The lowest BCUT2D eigenvalue weighted by Gasteiger charge is -2.43. The summed E-state index contributed by atoms with van der Waals surface area (Å²) in [6, 6.07) is 27.2. The van der Waals surface area contributed by atoms with E-state index in [9.17, 15) is 9.59 Å². The molecule has 0 spiro atoms. The Morgan fingerprint density at radius 3 is 2.06 bits per heavy atom. The first kappa shape index (κ1) is 25.3. The Kier molecular flexibility index (Phi) is 7.07. The Balaban J connectivity index is 1.72. The molecular formula is C30H35N3O3. The molecule has 0 aromatic heterocycles. The van der Waals surface area contributed by atoms with Gasteiger partial charge in [0.1, 0.15) is 18.5 Å². The molecule has 0 bridgehead atoms. The van der Waals surface area contributed by atoms with E-state index in [1.54, 1.807) is 23.9 Å². The first-order valence-corrected chi connectivity index (χ1v) is 12.3. The molecule has 0 aliphatic carbocycles. The van der Waals surface area contributed by atoms with Gasteiger partial charge in [0, 0.05) is 25.9 Å². The van der Waals surface area contributed by atoms with Crippen LogP contribution in [0.25, 0.3) is 0 Å². The summed E-state index contributed by atoms with van der Waals surface area (Å²) in [4.78, 5) is 31.0. The Morgan fingerprint density at radius 1 is 0.917 bits per heavy atom. The standard InChI is InChI=1S/C30H35N3O3/c1-29(2,3)26-32(5)27(34)30(33(26)28(35)31-4,24-14-10-7-11-15-24)20-22-16-18-25(19-17-22)36-21-23-12-8-6-9-13-23/h6-19,26H,20-21H2,1-5H3,(H,31,35). The monoisotopic (exact) mass is 485 g/mol. The largest absolute Gasteiger partial charge is 0.489 e. The fourth-order valence-electron chi connectivity index (χ4n) is 5.24. The molecule has 1 aliphatic rings. The van der Waals surface area contributed by atoms with Crippen molar-refractivity contribution in [3.8, 4) is 5.75 Å². The summed E-state index contributed by atoms with van der Waals surface area (Å²) >= 11 is 0. The quantitative estimate of drug-likeness (QED) is 0.523. The van der Waals surface area contributed by atoms with Gasteiger partial charge in [-0.15, -0.1) is 0 Å². The van der Waals surface area contributed by atoms with Crippen molar-refractivity contribution in [2.24, 2.45) is 5.41 Å². The van der Waals surface area contributed by atoms with Crippen LogP contribution in [0.2, 0.25) is 0 Å². The fourth-order valence-corrected chi connectivity index (χ4v) is 5.24. The Morgan fingerprint density at radius 2 is 1.50 bits per heavy atom. The molecule has 3 aromatic carbocycles. The van der Waals surface area contributed by atoms with Crippen LogP contribution in [0.15, 0.2) is 84.9 Å². The second-order valence-corrected chi connectivity index (χ2v) is 10.4. The number of likely N-dealkylation sites (N-methyl/N-ethyl adjacent to an activating group) is 1. The first-order valence-electron chi connectivity index (χ1n) is 12.3. The maximum absolute atomic E-state index is 14.1. The van der Waals surface area contributed by atoms with Crippen LogP contribution in [-0.2, 0) is 23.4 Å². The van der Waals surface area contributed by atoms with E-state index in [1.807, 2.05) is 84.9 Å². The predicted octanol–water partition coefficient (Wildman–Crippen LogP) is 5.19. The third-order valence-electron chi connectivity index (χ3n) is 6.79. The molecular weight excluding hydrogens is 450 g/mol. The van der Waals surface area contributed by atoms with Crippen LogP contribution in [0.5, 0.6) is 5.75 Å². The third kappa shape index (κ3) is 4.68. The maximum atomic E-state index is 14.1. The van der Waals surface area contributed by atoms with Gasteiger partial charge in [0.05, 0.1) is 0 Å². The van der Waals surface area contributed by atoms with Crippen molar-refractivity contribution >= 4 is 11.9 Å². The van der Waals surface area contributed by atoms with Crippen molar-refractivity contribution in [3.63, 3.8) is 0 Å². The minimum absolute atomic E-state index is 0.0957. The van der Waals surface area contributed by atoms with E-state index in [-0.39, 0.29) is 17.4 Å². The van der Waals surface area contributed by atoms with Gasteiger partial charge in [-0.2, -0.15) is 0 Å². The summed E-state index contributed by atoms with van der Waals surface area (Å²) in [7, 11) is 3.40. The number of amides is 3. The van der Waals surface area contributed by atoms with Gasteiger partial charge < -0.3 is 15.0 Å². The highest BCUT2D eigenvalue weighted by Gasteiger charge is 2.61. The van der Waals surface area contributed by atoms with Gasteiger partial charge in [0.2, 0.25) is 0 Å². The van der Waals surface area contributed by atoms with Crippen LogP contribution in [0.3, 0.4) is 0 Å². The van der Waals surface area contributed by atoms with Gasteiger partial charge >= 0.3 is 6.03 Å². The lowest BCUT2D eigenvalue weighted by atomic mass is 9.81. The van der Waals surface area contributed by atoms with Gasteiger partial charge in [-0.25, -0.2) is 4.79 Å². The number of carbonyl (C=O) groups is 2. The van der Waals surface area contributed by atoms with Gasteiger partial charge in [0.15, 0.2) is 5.54 Å². The lowest BCUT2D eigenvalue weighted by molar-refractivity contribution is -0.133. The minimum Gasteiger partial charge on any atom is -0.489 e. The van der Waals surface area contributed by atoms with E-state index < -0.39 is 11.7 Å². The number of ether oxygens (including phenoxy) is 1. The number of rotatable bonds is 6. The molecule has 0 saturated carbocycles. The molecule has 6 heteroatoms. The molecule has 2 atom stereocenters. The van der Waals surface area contributed by atoms with Crippen molar-refractivity contribution in [2.45, 2.75) is 45.5 Å². The molecule has 4 rings (SSSR count). The predicted molar refractivity (Wildman–Crippen MR) is 141 cm³/mol. The SMILES string of the molecule is CNC(=O)N1C(C(C)(C)C)N(C)C(=O)C1(Cc1ccc(OCc2ccccc2)cc1)c1ccccc1. The molecule has 1 aliphatic heterocycles. The normalized spacial score (nSPS) is 19.9. The van der Waals surface area contributed by atoms with E-state index >= 15 is 0 Å². The minimum atomic E-state index is -1.18. The van der Waals surface area contributed by atoms with Gasteiger partial charge in [-0.05, 0) is 28.8 Å². The summed E-state index contributed by atoms with van der Waals surface area (Å²) in [6.07, 6.45) is -0.0715. The van der Waals surface area contributed by atoms with E-state index in [2.05, 4.69) is 26.1 Å². The smallest absolute Gasteiger partial charge is 0.319 e. The summed E-state index contributed by atoms with van der Waals surface area (Å²) in [5.74, 6) is 0.656. The summed E-state index contributed by atoms with van der Waals surface area (Å²) in [5, 5.41) is 2.79. The third-order valence-corrected chi connectivity index (χ3v) is 6.79. The molecule has 1 fully saturated rings. The number of benzene rings is 3. The van der Waals surface area contributed by atoms with Crippen LogP contribution >= 0.6 is 0 Å². The number of urea groups is 1. The molecule has 6 nitrogen and oxygen atoms in total. The van der Waals surface area contributed by atoms with Crippen molar-refractivity contribution in [3.05, 3.63) is 102 Å². The molecule has 36 heavy (non-hydrogen) atoms. The van der Waals surface area contributed by atoms with Crippen molar-refractivity contribution in [2.75, 3.05) is 14.1 Å². The highest BCUT2D eigenvalue weighted by molar-refractivity contribution is 5.96. The molecule has 1 heterocycles. The molecule has 0 radical (unpaired) electrons. The Hall–Kier alpha value is -3.80. The van der Waals surface area contributed by atoms with Crippen LogP contribution in [-0.4, -0.2) is 42.0 Å². The molecule has 188 valence electrons. The molecule has 1 saturated heterocycles. The van der Waals surface area contributed by atoms with Crippen LogP contribution in [0.4, 0.5) is 4.79 Å². The second-order valence-electron chi connectivity index (χ2n) is 10.4.